The van der Waals surface area contributed by atoms with Crippen molar-refractivity contribution in [1.82, 2.24) is 5.16 Å². The third-order valence-electron chi connectivity index (χ3n) is 4.29. The lowest BCUT2D eigenvalue weighted by Crippen LogP contribution is -2.36. The Kier molecular flexibility index (Phi) is 5.22. The summed E-state index contributed by atoms with van der Waals surface area (Å²) in [6, 6.07) is 5.29. The minimum atomic E-state index is -0.519. The highest BCUT2D eigenvalue weighted by atomic mass is 16.5. The van der Waals surface area contributed by atoms with Crippen LogP contribution in [0.25, 0.3) is 0 Å². The number of hydrogen-bond acceptors (Lipinski definition) is 7. The van der Waals surface area contributed by atoms with Crippen molar-refractivity contribution in [3.63, 3.8) is 0 Å². The summed E-state index contributed by atoms with van der Waals surface area (Å²) < 4.78 is 15.3. The van der Waals surface area contributed by atoms with Gasteiger partial charge in [-0.25, -0.2) is 4.79 Å². The van der Waals surface area contributed by atoms with E-state index in [1.165, 1.54) is 7.11 Å². The number of rotatable bonds is 4. The highest BCUT2D eigenvalue weighted by molar-refractivity contribution is 6.09. The largest absolute Gasteiger partial charge is 0.465 e. The topological polar surface area (TPSA) is 93.9 Å². The molecule has 3 rings (SSSR count). The van der Waals surface area contributed by atoms with Gasteiger partial charge in [0.2, 0.25) is 0 Å². The summed E-state index contributed by atoms with van der Waals surface area (Å²) >= 11 is 0. The van der Waals surface area contributed by atoms with Gasteiger partial charge < -0.3 is 24.2 Å². The molecular weight excluding hydrogens is 338 g/mol. The lowest BCUT2D eigenvalue weighted by atomic mass is 10.1. The molecule has 1 N–H and O–H groups in total. The summed E-state index contributed by atoms with van der Waals surface area (Å²) in [5, 5.41) is 6.54. The molecule has 1 saturated heterocycles. The lowest BCUT2D eigenvalue weighted by Gasteiger charge is -2.29. The van der Waals surface area contributed by atoms with Crippen LogP contribution in [0.15, 0.2) is 22.7 Å². The van der Waals surface area contributed by atoms with Crippen molar-refractivity contribution in [3.8, 4) is 0 Å². The quantitative estimate of drug-likeness (QED) is 0.836. The second-order valence-corrected chi connectivity index (χ2v) is 5.97. The van der Waals surface area contributed by atoms with E-state index in [9.17, 15) is 9.59 Å². The number of carbonyl (C=O) groups excluding carboxylic acids is 2. The molecule has 0 bridgehead atoms. The zero-order valence-corrected chi connectivity index (χ0v) is 15.0. The van der Waals surface area contributed by atoms with Gasteiger partial charge in [-0.3, -0.25) is 4.79 Å². The second kappa shape index (κ2) is 7.57. The summed E-state index contributed by atoms with van der Waals surface area (Å²) in [7, 11) is 1.31. The minimum absolute atomic E-state index is 0.289. The molecule has 2 aromatic rings. The van der Waals surface area contributed by atoms with E-state index in [0.717, 1.165) is 18.8 Å². The fourth-order valence-corrected chi connectivity index (χ4v) is 2.93. The second-order valence-electron chi connectivity index (χ2n) is 5.97. The number of anilines is 2. The fraction of sp³-hybridized carbons (Fsp3) is 0.389. The molecule has 0 saturated carbocycles. The standard InChI is InChI=1S/C18H21N3O5/c1-11-16(12(2)26-20-11)17(22)19-15-5-4-13(10-14(15)18(23)24-3)21-6-8-25-9-7-21/h4-5,10H,6-9H2,1-3H3,(H,19,22). The Bertz CT molecular complexity index is 805. The van der Waals surface area contributed by atoms with Crippen LogP contribution in [-0.2, 0) is 9.47 Å². The molecule has 8 heteroatoms. The van der Waals surface area contributed by atoms with Crippen LogP contribution in [0.2, 0.25) is 0 Å². The highest BCUT2D eigenvalue weighted by Crippen LogP contribution is 2.26. The molecular formula is C18H21N3O5. The number of amides is 1. The van der Waals surface area contributed by atoms with Crippen molar-refractivity contribution in [2.24, 2.45) is 0 Å². The molecule has 1 aromatic carbocycles. The number of benzene rings is 1. The first-order valence-corrected chi connectivity index (χ1v) is 8.30. The molecule has 2 heterocycles. The van der Waals surface area contributed by atoms with E-state index < -0.39 is 5.97 Å². The maximum Gasteiger partial charge on any atom is 0.340 e. The van der Waals surface area contributed by atoms with Crippen molar-refractivity contribution >= 4 is 23.3 Å². The molecule has 1 amide bonds. The molecule has 1 aromatic heterocycles. The van der Waals surface area contributed by atoms with Crippen molar-refractivity contribution in [2.45, 2.75) is 13.8 Å². The van der Waals surface area contributed by atoms with E-state index >= 15 is 0 Å². The molecule has 0 spiro atoms. The van der Waals surface area contributed by atoms with Crippen LogP contribution in [0, 0.1) is 13.8 Å². The van der Waals surface area contributed by atoms with E-state index in [2.05, 4.69) is 15.4 Å². The van der Waals surface area contributed by atoms with Crippen LogP contribution in [0.5, 0.6) is 0 Å². The monoisotopic (exact) mass is 359 g/mol. The summed E-state index contributed by atoms with van der Waals surface area (Å²) in [5.41, 5.74) is 2.39. The van der Waals surface area contributed by atoms with Crippen LogP contribution >= 0.6 is 0 Å². The van der Waals surface area contributed by atoms with Crippen LogP contribution in [0.1, 0.15) is 32.2 Å². The number of aromatic nitrogens is 1. The van der Waals surface area contributed by atoms with E-state index in [-0.39, 0.29) is 11.5 Å². The maximum atomic E-state index is 12.6. The van der Waals surface area contributed by atoms with Gasteiger partial charge in [-0.05, 0) is 32.0 Å². The number of nitrogens with zero attached hydrogens (tertiary/aromatic N) is 2. The Morgan fingerprint density at radius 2 is 1.96 bits per heavy atom. The normalized spacial score (nSPS) is 14.2. The minimum Gasteiger partial charge on any atom is -0.465 e. The molecule has 138 valence electrons. The average molecular weight is 359 g/mol. The summed E-state index contributed by atoms with van der Waals surface area (Å²) in [6.45, 7) is 6.11. The number of morpholine rings is 1. The Morgan fingerprint density at radius 3 is 2.58 bits per heavy atom. The van der Waals surface area contributed by atoms with Gasteiger partial charge >= 0.3 is 5.97 Å². The van der Waals surface area contributed by atoms with Crippen molar-refractivity contribution in [1.29, 1.82) is 0 Å². The summed E-state index contributed by atoms with van der Waals surface area (Å²) in [6.07, 6.45) is 0. The Labute approximate surface area is 151 Å². The van der Waals surface area contributed by atoms with Gasteiger partial charge in [-0.2, -0.15) is 0 Å². The van der Waals surface area contributed by atoms with Gasteiger partial charge in [0.1, 0.15) is 11.3 Å². The number of aryl methyl sites for hydroxylation is 2. The predicted octanol–water partition coefficient (Wildman–Crippen LogP) is 2.17. The average Bonchev–Trinajstić information content (AvgIpc) is 3.00. The van der Waals surface area contributed by atoms with Crippen molar-refractivity contribution in [2.75, 3.05) is 43.6 Å². The Balaban J connectivity index is 1.90. The molecule has 1 aliphatic rings. The predicted molar refractivity (Wildman–Crippen MR) is 94.7 cm³/mol. The van der Waals surface area contributed by atoms with Crippen molar-refractivity contribution in [3.05, 3.63) is 40.8 Å². The molecule has 26 heavy (non-hydrogen) atoms. The molecule has 0 aliphatic carbocycles. The zero-order valence-electron chi connectivity index (χ0n) is 15.0. The van der Waals surface area contributed by atoms with E-state index in [4.69, 9.17) is 14.0 Å². The number of carbonyl (C=O) groups is 2. The molecule has 0 radical (unpaired) electrons. The van der Waals surface area contributed by atoms with E-state index in [0.29, 0.717) is 35.9 Å². The van der Waals surface area contributed by atoms with Crippen LogP contribution in [0.3, 0.4) is 0 Å². The van der Waals surface area contributed by atoms with Gasteiger partial charge in [-0.1, -0.05) is 5.16 Å². The van der Waals surface area contributed by atoms with Gasteiger partial charge in [0.15, 0.2) is 0 Å². The third-order valence-corrected chi connectivity index (χ3v) is 4.29. The van der Waals surface area contributed by atoms with Crippen LogP contribution < -0.4 is 10.2 Å². The molecule has 1 aliphatic heterocycles. The first-order chi connectivity index (χ1) is 12.5. The van der Waals surface area contributed by atoms with Crippen LogP contribution in [-0.4, -0.2) is 50.4 Å². The zero-order chi connectivity index (χ0) is 18.7. The smallest absolute Gasteiger partial charge is 0.340 e. The van der Waals surface area contributed by atoms with Gasteiger partial charge in [0.25, 0.3) is 5.91 Å². The van der Waals surface area contributed by atoms with Crippen LogP contribution in [0.4, 0.5) is 11.4 Å². The number of esters is 1. The number of nitrogens with one attached hydrogen (secondary N) is 1. The SMILES string of the molecule is COC(=O)c1cc(N2CCOCC2)ccc1NC(=O)c1c(C)noc1C. The maximum absolute atomic E-state index is 12.6. The van der Waals surface area contributed by atoms with Crippen molar-refractivity contribution < 1.29 is 23.6 Å². The highest BCUT2D eigenvalue weighted by Gasteiger charge is 2.22. The Morgan fingerprint density at radius 1 is 1.23 bits per heavy atom. The Hall–Kier alpha value is -2.87. The van der Waals surface area contributed by atoms with Gasteiger partial charge in [0, 0.05) is 18.8 Å². The third kappa shape index (κ3) is 3.55. The molecule has 0 unspecified atom stereocenters. The molecule has 0 atom stereocenters. The fourth-order valence-electron chi connectivity index (χ4n) is 2.93. The summed E-state index contributed by atoms with van der Waals surface area (Å²) in [4.78, 5) is 26.9. The molecule has 1 fully saturated rings. The first-order valence-electron chi connectivity index (χ1n) is 8.30. The molecule has 8 nitrogen and oxygen atoms in total. The lowest BCUT2D eigenvalue weighted by molar-refractivity contribution is 0.0602. The first kappa shape index (κ1) is 17.9. The van der Waals surface area contributed by atoms with Gasteiger partial charge in [-0.15, -0.1) is 0 Å². The number of ether oxygens (including phenoxy) is 2. The number of methoxy groups -OCH3 is 1. The van der Waals surface area contributed by atoms with E-state index in [1.54, 1.807) is 26.0 Å². The van der Waals surface area contributed by atoms with E-state index in [1.807, 2.05) is 6.07 Å². The summed E-state index contributed by atoms with van der Waals surface area (Å²) in [5.74, 6) is -0.482. The van der Waals surface area contributed by atoms with Gasteiger partial charge in [0.05, 0.1) is 37.3 Å². The number of hydrogen-bond donors (Lipinski definition) is 1.